The molecule has 0 spiro atoms. The van der Waals surface area contributed by atoms with Crippen LogP contribution in [-0.2, 0) is 0 Å². The van der Waals surface area contributed by atoms with Crippen molar-refractivity contribution in [3.05, 3.63) is 71.7 Å². The number of halogens is 1. The van der Waals surface area contributed by atoms with E-state index in [4.69, 9.17) is 10.3 Å². The van der Waals surface area contributed by atoms with Crippen molar-refractivity contribution < 1.29 is 8.81 Å². The Morgan fingerprint density at radius 3 is 2.53 bits per heavy atom. The Kier molecular flexibility index (Phi) is 3.03. The third-order valence-corrected chi connectivity index (χ3v) is 3.11. The number of hydrogen-bond donors (Lipinski definition) is 2. The number of furan rings is 1. The van der Waals surface area contributed by atoms with E-state index in [0.717, 1.165) is 11.0 Å². The Hall–Kier alpha value is -2.17. The SMILES string of the molecule is NNC(c1cc2ccccc2o1)c1ccccc1F. The summed E-state index contributed by atoms with van der Waals surface area (Å²) in [6, 6.07) is 15.5. The van der Waals surface area contributed by atoms with Gasteiger partial charge in [0.1, 0.15) is 23.2 Å². The molecule has 1 atom stereocenters. The van der Waals surface area contributed by atoms with E-state index in [-0.39, 0.29) is 5.82 Å². The average Bonchev–Trinajstić information content (AvgIpc) is 2.85. The molecular formula is C15H13FN2O. The van der Waals surface area contributed by atoms with Crippen molar-refractivity contribution in [3.63, 3.8) is 0 Å². The highest BCUT2D eigenvalue weighted by Gasteiger charge is 2.19. The number of fused-ring (bicyclic) bond motifs is 1. The van der Waals surface area contributed by atoms with E-state index in [2.05, 4.69) is 5.43 Å². The van der Waals surface area contributed by atoms with Gasteiger partial charge in [-0.15, -0.1) is 0 Å². The predicted octanol–water partition coefficient (Wildman–Crippen LogP) is 3.12. The minimum Gasteiger partial charge on any atom is -0.459 e. The number of benzene rings is 2. The van der Waals surface area contributed by atoms with Crippen molar-refractivity contribution in [2.75, 3.05) is 0 Å². The first kappa shape index (κ1) is 11.9. The molecule has 1 aromatic heterocycles. The smallest absolute Gasteiger partial charge is 0.134 e. The van der Waals surface area contributed by atoms with Crippen LogP contribution in [0.4, 0.5) is 4.39 Å². The van der Waals surface area contributed by atoms with E-state index in [1.165, 1.54) is 6.07 Å². The molecule has 3 rings (SSSR count). The third kappa shape index (κ3) is 2.12. The zero-order chi connectivity index (χ0) is 13.2. The molecule has 0 aliphatic carbocycles. The summed E-state index contributed by atoms with van der Waals surface area (Å²) in [6.45, 7) is 0. The molecule has 0 saturated heterocycles. The number of para-hydroxylation sites is 1. The maximum atomic E-state index is 13.8. The summed E-state index contributed by atoms with van der Waals surface area (Å²) < 4.78 is 19.6. The van der Waals surface area contributed by atoms with Gasteiger partial charge in [-0.2, -0.15) is 0 Å². The van der Waals surface area contributed by atoms with E-state index in [0.29, 0.717) is 11.3 Å². The monoisotopic (exact) mass is 256 g/mol. The molecule has 3 N–H and O–H groups in total. The highest BCUT2D eigenvalue weighted by atomic mass is 19.1. The van der Waals surface area contributed by atoms with Crippen molar-refractivity contribution in [3.8, 4) is 0 Å². The highest BCUT2D eigenvalue weighted by molar-refractivity contribution is 5.77. The van der Waals surface area contributed by atoms with E-state index in [1.54, 1.807) is 18.2 Å². The van der Waals surface area contributed by atoms with Crippen LogP contribution in [0.2, 0.25) is 0 Å². The molecule has 19 heavy (non-hydrogen) atoms. The lowest BCUT2D eigenvalue weighted by molar-refractivity contribution is 0.462. The summed E-state index contributed by atoms with van der Waals surface area (Å²) >= 11 is 0. The lowest BCUT2D eigenvalue weighted by Crippen LogP contribution is -2.29. The molecule has 0 fully saturated rings. The quantitative estimate of drug-likeness (QED) is 0.559. The zero-order valence-electron chi connectivity index (χ0n) is 10.1. The van der Waals surface area contributed by atoms with Crippen LogP contribution < -0.4 is 11.3 Å². The topological polar surface area (TPSA) is 51.2 Å². The van der Waals surface area contributed by atoms with Crippen LogP contribution in [-0.4, -0.2) is 0 Å². The molecular weight excluding hydrogens is 243 g/mol. The van der Waals surface area contributed by atoms with Gasteiger partial charge >= 0.3 is 0 Å². The fourth-order valence-corrected chi connectivity index (χ4v) is 2.18. The van der Waals surface area contributed by atoms with E-state index >= 15 is 0 Å². The Morgan fingerprint density at radius 1 is 1.05 bits per heavy atom. The van der Waals surface area contributed by atoms with Gasteiger partial charge in [-0.3, -0.25) is 5.84 Å². The van der Waals surface area contributed by atoms with Gasteiger partial charge in [0, 0.05) is 10.9 Å². The van der Waals surface area contributed by atoms with Gasteiger partial charge in [0.2, 0.25) is 0 Å². The molecule has 0 radical (unpaired) electrons. The molecule has 1 unspecified atom stereocenters. The van der Waals surface area contributed by atoms with Crippen molar-refractivity contribution >= 4 is 11.0 Å². The standard InChI is InChI=1S/C15H13FN2O/c16-12-7-3-2-6-11(12)15(18-17)14-9-10-5-1-4-8-13(10)19-14/h1-9,15,18H,17H2. The molecule has 96 valence electrons. The minimum absolute atomic E-state index is 0.314. The van der Waals surface area contributed by atoms with E-state index in [9.17, 15) is 4.39 Å². The number of hydrogen-bond acceptors (Lipinski definition) is 3. The first-order valence-corrected chi connectivity index (χ1v) is 5.98. The molecule has 2 aromatic carbocycles. The van der Waals surface area contributed by atoms with Gasteiger partial charge in [-0.1, -0.05) is 36.4 Å². The Labute approximate surface area is 109 Å². The summed E-state index contributed by atoms with van der Waals surface area (Å²) in [5.41, 5.74) is 3.82. The van der Waals surface area contributed by atoms with Gasteiger partial charge in [0.05, 0.1) is 0 Å². The molecule has 0 saturated carbocycles. The highest BCUT2D eigenvalue weighted by Crippen LogP contribution is 2.28. The van der Waals surface area contributed by atoms with E-state index < -0.39 is 6.04 Å². The molecule has 0 aliphatic heterocycles. The molecule has 0 amide bonds. The third-order valence-electron chi connectivity index (χ3n) is 3.11. The first-order chi connectivity index (χ1) is 9.29. The summed E-state index contributed by atoms with van der Waals surface area (Å²) in [7, 11) is 0. The van der Waals surface area contributed by atoms with Crippen LogP contribution in [0, 0.1) is 5.82 Å². The van der Waals surface area contributed by atoms with Gasteiger partial charge in [0.15, 0.2) is 0 Å². The number of nitrogens with two attached hydrogens (primary N) is 1. The zero-order valence-corrected chi connectivity index (χ0v) is 10.1. The van der Waals surface area contributed by atoms with Gasteiger partial charge in [-0.25, -0.2) is 9.82 Å². The Balaban J connectivity index is 2.09. The molecule has 0 bridgehead atoms. The lowest BCUT2D eigenvalue weighted by Gasteiger charge is -2.14. The predicted molar refractivity (Wildman–Crippen MR) is 71.8 cm³/mol. The molecule has 0 aliphatic rings. The molecule has 1 heterocycles. The van der Waals surface area contributed by atoms with Crippen molar-refractivity contribution in [1.29, 1.82) is 0 Å². The summed E-state index contributed by atoms with van der Waals surface area (Å²) in [4.78, 5) is 0. The number of rotatable bonds is 3. The summed E-state index contributed by atoms with van der Waals surface area (Å²) in [6.07, 6.45) is 0. The van der Waals surface area contributed by atoms with Crippen molar-refractivity contribution in [2.45, 2.75) is 6.04 Å². The molecule has 3 aromatic rings. The molecule has 3 nitrogen and oxygen atoms in total. The van der Waals surface area contributed by atoms with Crippen LogP contribution in [0.5, 0.6) is 0 Å². The van der Waals surface area contributed by atoms with Crippen LogP contribution >= 0.6 is 0 Å². The number of hydrazine groups is 1. The Morgan fingerprint density at radius 2 is 1.79 bits per heavy atom. The second-order valence-electron chi connectivity index (χ2n) is 4.31. The van der Waals surface area contributed by atoms with Crippen LogP contribution in [0.1, 0.15) is 17.4 Å². The average molecular weight is 256 g/mol. The second-order valence-corrected chi connectivity index (χ2v) is 4.31. The maximum Gasteiger partial charge on any atom is 0.134 e. The fourth-order valence-electron chi connectivity index (χ4n) is 2.18. The van der Waals surface area contributed by atoms with Crippen molar-refractivity contribution in [2.24, 2.45) is 5.84 Å². The second kappa shape index (κ2) is 4.84. The van der Waals surface area contributed by atoms with Gasteiger partial charge in [0.25, 0.3) is 0 Å². The van der Waals surface area contributed by atoms with Crippen LogP contribution in [0.25, 0.3) is 11.0 Å². The van der Waals surface area contributed by atoms with Crippen LogP contribution in [0.3, 0.4) is 0 Å². The molecule has 4 heteroatoms. The fraction of sp³-hybridized carbons (Fsp3) is 0.0667. The Bertz CT molecular complexity index is 675. The largest absolute Gasteiger partial charge is 0.459 e. The van der Waals surface area contributed by atoms with E-state index in [1.807, 2.05) is 30.3 Å². The summed E-state index contributed by atoms with van der Waals surface area (Å²) in [5.74, 6) is 5.83. The van der Waals surface area contributed by atoms with Crippen LogP contribution in [0.15, 0.2) is 59.0 Å². The summed E-state index contributed by atoms with van der Waals surface area (Å²) in [5, 5.41) is 0.967. The maximum absolute atomic E-state index is 13.8. The lowest BCUT2D eigenvalue weighted by atomic mass is 10.0. The first-order valence-electron chi connectivity index (χ1n) is 5.98. The van der Waals surface area contributed by atoms with Gasteiger partial charge < -0.3 is 4.42 Å². The van der Waals surface area contributed by atoms with Crippen molar-refractivity contribution in [1.82, 2.24) is 5.43 Å². The minimum atomic E-state index is -0.506. The van der Waals surface area contributed by atoms with Gasteiger partial charge in [-0.05, 0) is 18.2 Å². The number of nitrogens with one attached hydrogen (secondary N) is 1. The normalized spacial score (nSPS) is 12.7.